The second-order valence-electron chi connectivity index (χ2n) is 1.62. The molecule has 0 fully saturated rings. The summed E-state index contributed by atoms with van der Waals surface area (Å²) in [5.74, 6) is 2.51. The van der Waals surface area contributed by atoms with Crippen molar-refractivity contribution in [3.63, 3.8) is 0 Å². The second-order valence-corrected chi connectivity index (χ2v) is 1.62. The van der Waals surface area contributed by atoms with Gasteiger partial charge in [-0.15, -0.1) is 12.3 Å². The summed E-state index contributed by atoms with van der Waals surface area (Å²) in [7, 11) is 0. The van der Waals surface area contributed by atoms with Crippen molar-refractivity contribution in [2.24, 2.45) is 5.11 Å². The Labute approximate surface area is 54.7 Å². The molecule has 0 N–H and O–H groups in total. The number of nitrogens with zero attached hydrogens (tertiary/aromatic N) is 3. The fourth-order valence-electron chi connectivity index (χ4n) is 0.454. The van der Waals surface area contributed by atoms with Crippen LogP contribution in [0.2, 0.25) is 0 Å². The lowest BCUT2D eigenvalue weighted by molar-refractivity contribution is 0.764. The van der Waals surface area contributed by atoms with E-state index in [1.165, 1.54) is 0 Å². The molecular formula is C6H9N3. The first-order valence-corrected chi connectivity index (χ1v) is 2.86. The van der Waals surface area contributed by atoms with Gasteiger partial charge in [0.05, 0.1) is 0 Å². The van der Waals surface area contributed by atoms with Gasteiger partial charge in [0.2, 0.25) is 0 Å². The molecule has 0 radical (unpaired) electrons. The lowest BCUT2D eigenvalue weighted by Crippen LogP contribution is -1.77. The number of terminal acetylenes is 1. The van der Waals surface area contributed by atoms with Crippen LogP contribution in [0.15, 0.2) is 5.11 Å². The monoisotopic (exact) mass is 123 g/mol. The molecule has 0 aromatic rings. The van der Waals surface area contributed by atoms with E-state index >= 15 is 0 Å². The predicted octanol–water partition coefficient (Wildman–Crippen LogP) is 2.10. The molecule has 0 atom stereocenters. The van der Waals surface area contributed by atoms with Crippen LogP contribution in [0.4, 0.5) is 0 Å². The molecule has 48 valence electrons. The first-order valence-electron chi connectivity index (χ1n) is 2.86. The minimum Gasteiger partial charge on any atom is -0.120 e. The Kier molecular flexibility index (Phi) is 6.01. The maximum absolute atomic E-state index is 7.84. The van der Waals surface area contributed by atoms with Crippen LogP contribution in [0, 0.1) is 12.3 Å². The van der Waals surface area contributed by atoms with Gasteiger partial charge < -0.3 is 0 Å². The fourth-order valence-corrected chi connectivity index (χ4v) is 0.454. The predicted molar refractivity (Wildman–Crippen MR) is 36.7 cm³/mol. The van der Waals surface area contributed by atoms with Gasteiger partial charge in [0.25, 0.3) is 0 Å². The highest BCUT2D eigenvalue weighted by Gasteiger charge is 1.81. The Hall–Kier alpha value is -1.13. The Balaban J connectivity index is 2.93. The first-order chi connectivity index (χ1) is 4.41. The van der Waals surface area contributed by atoms with E-state index in [1.54, 1.807) is 0 Å². The number of unbranched alkanes of at least 4 members (excludes halogenated alkanes) is 2. The van der Waals surface area contributed by atoms with Gasteiger partial charge >= 0.3 is 0 Å². The Morgan fingerprint density at radius 3 is 2.89 bits per heavy atom. The van der Waals surface area contributed by atoms with Gasteiger partial charge in [-0.3, -0.25) is 0 Å². The van der Waals surface area contributed by atoms with Crippen LogP contribution in [0.5, 0.6) is 0 Å². The molecule has 3 nitrogen and oxygen atoms in total. The standard InChI is InChI=1S/C6H9N3/c1-2-3-4-5-6-8-9-7/h1H,3-6H2. The fraction of sp³-hybridized carbons (Fsp3) is 0.667. The first kappa shape index (κ1) is 7.87. The van der Waals surface area contributed by atoms with Gasteiger partial charge in [-0.1, -0.05) is 5.11 Å². The highest BCUT2D eigenvalue weighted by Crippen LogP contribution is 1.92. The summed E-state index contributed by atoms with van der Waals surface area (Å²) >= 11 is 0. The van der Waals surface area contributed by atoms with Crippen molar-refractivity contribution in [1.82, 2.24) is 0 Å². The maximum atomic E-state index is 7.84. The molecule has 0 aliphatic heterocycles. The van der Waals surface area contributed by atoms with Crippen molar-refractivity contribution in [3.8, 4) is 12.3 Å². The Morgan fingerprint density at radius 1 is 1.56 bits per heavy atom. The van der Waals surface area contributed by atoms with E-state index in [1.807, 2.05) is 0 Å². The van der Waals surface area contributed by atoms with E-state index in [9.17, 15) is 0 Å². The molecule has 3 heteroatoms. The molecular weight excluding hydrogens is 114 g/mol. The van der Waals surface area contributed by atoms with Gasteiger partial charge in [-0.25, -0.2) is 0 Å². The van der Waals surface area contributed by atoms with Crippen molar-refractivity contribution < 1.29 is 0 Å². The summed E-state index contributed by atoms with van der Waals surface area (Å²) in [5, 5.41) is 3.36. The molecule has 0 heterocycles. The summed E-state index contributed by atoms with van der Waals surface area (Å²) in [6, 6.07) is 0. The van der Waals surface area contributed by atoms with E-state index in [0.717, 1.165) is 19.3 Å². The van der Waals surface area contributed by atoms with Crippen molar-refractivity contribution >= 4 is 0 Å². The third-order valence-corrected chi connectivity index (χ3v) is 0.892. The van der Waals surface area contributed by atoms with Crippen LogP contribution in [0.1, 0.15) is 19.3 Å². The topological polar surface area (TPSA) is 48.8 Å². The van der Waals surface area contributed by atoms with E-state index < -0.39 is 0 Å². The number of hydrogen-bond donors (Lipinski definition) is 0. The molecule has 0 aliphatic carbocycles. The van der Waals surface area contributed by atoms with Crippen LogP contribution in [-0.4, -0.2) is 6.54 Å². The van der Waals surface area contributed by atoms with Gasteiger partial charge in [-0.2, -0.15) is 0 Å². The number of rotatable bonds is 4. The highest BCUT2D eigenvalue weighted by molar-refractivity contribution is 4.82. The zero-order valence-corrected chi connectivity index (χ0v) is 5.25. The molecule has 0 saturated heterocycles. The average Bonchev–Trinajstić information content (AvgIpc) is 1.89. The second kappa shape index (κ2) is 6.87. The molecule has 0 aliphatic rings. The average molecular weight is 123 g/mol. The van der Waals surface area contributed by atoms with E-state index in [-0.39, 0.29) is 0 Å². The Bertz CT molecular complexity index is 139. The van der Waals surface area contributed by atoms with Gasteiger partial charge in [0, 0.05) is 17.9 Å². The van der Waals surface area contributed by atoms with Gasteiger partial charge in [-0.05, 0) is 18.4 Å². The summed E-state index contributed by atoms with van der Waals surface area (Å²) in [6.07, 6.45) is 7.62. The third-order valence-electron chi connectivity index (χ3n) is 0.892. The van der Waals surface area contributed by atoms with Crippen molar-refractivity contribution in [3.05, 3.63) is 10.4 Å². The summed E-state index contributed by atoms with van der Waals surface area (Å²) in [5.41, 5.74) is 7.84. The maximum Gasteiger partial charge on any atom is 0.0258 e. The van der Waals surface area contributed by atoms with E-state index in [4.69, 9.17) is 12.0 Å². The lowest BCUT2D eigenvalue weighted by atomic mass is 10.2. The highest BCUT2D eigenvalue weighted by atomic mass is 15.1. The summed E-state index contributed by atoms with van der Waals surface area (Å²) in [6.45, 7) is 0.568. The van der Waals surface area contributed by atoms with Crippen LogP contribution in [0.3, 0.4) is 0 Å². The van der Waals surface area contributed by atoms with Crippen LogP contribution in [-0.2, 0) is 0 Å². The quantitative estimate of drug-likeness (QED) is 0.181. The smallest absolute Gasteiger partial charge is 0.0258 e. The van der Waals surface area contributed by atoms with Gasteiger partial charge in [0.1, 0.15) is 0 Å². The number of hydrogen-bond acceptors (Lipinski definition) is 1. The minimum absolute atomic E-state index is 0.568. The zero-order chi connectivity index (χ0) is 6.95. The van der Waals surface area contributed by atoms with Crippen molar-refractivity contribution in [2.45, 2.75) is 19.3 Å². The van der Waals surface area contributed by atoms with Crippen LogP contribution >= 0.6 is 0 Å². The van der Waals surface area contributed by atoms with Gasteiger partial charge in [0.15, 0.2) is 0 Å². The molecule has 0 spiro atoms. The molecule has 9 heavy (non-hydrogen) atoms. The zero-order valence-electron chi connectivity index (χ0n) is 5.25. The molecule has 0 aromatic carbocycles. The SMILES string of the molecule is C#CCCCCN=[N+]=[N-]. The Morgan fingerprint density at radius 2 is 2.33 bits per heavy atom. The van der Waals surface area contributed by atoms with E-state index in [2.05, 4.69) is 15.9 Å². The molecule has 0 bridgehead atoms. The molecule has 0 amide bonds. The van der Waals surface area contributed by atoms with Crippen molar-refractivity contribution in [2.75, 3.05) is 6.54 Å². The molecule has 0 aromatic heterocycles. The lowest BCUT2D eigenvalue weighted by Gasteiger charge is -1.86. The number of azide groups is 1. The summed E-state index contributed by atoms with van der Waals surface area (Å²) in [4.78, 5) is 2.61. The van der Waals surface area contributed by atoms with Crippen LogP contribution in [0.25, 0.3) is 10.4 Å². The summed E-state index contributed by atoms with van der Waals surface area (Å²) < 4.78 is 0. The molecule has 0 rings (SSSR count). The molecule has 0 saturated carbocycles. The minimum atomic E-state index is 0.568. The van der Waals surface area contributed by atoms with Crippen molar-refractivity contribution in [1.29, 1.82) is 0 Å². The molecule has 0 unspecified atom stereocenters. The third kappa shape index (κ3) is 6.87. The van der Waals surface area contributed by atoms with E-state index in [0.29, 0.717) is 6.54 Å². The van der Waals surface area contributed by atoms with Crippen LogP contribution < -0.4 is 0 Å². The largest absolute Gasteiger partial charge is 0.120 e. The normalized spacial score (nSPS) is 7.44.